The molecule has 0 aliphatic rings. The number of amides is 1. The maximum Gasteiger partial charge on any atom is 0.326 e. The zero-order chi connectivity index (χ0) is 22.4. The molecule has 3 aromatic rings. The first-order chi connectivity index (χ1) is 14.8. The summed E-state index contributed by atoms with van der Waals surface area (Å²) < 4.78 is 30.5. The Hall–Kier alpha value is -2.82. The van der Waals surface area contributed by atoms with Gasteiger partial charge in [0.05, 0.1) is 21.7 Å². The molecule has 0 fully saturated rings. The highest BCUT2D eigenvalue weighted by molar-refractivity contribution is 7.89. The minimum Gasteiger partial charge on any atom is -0.465 e. The lowest BCUT2D eigenvalue weighted by atomic mass is 10.1. The molecule has 0 spiro atoms. The van der Waals surface area contributed by atoms with Crippen molar-refractivity contribution in [2.75, 3.05) is 6.61 Å². The highest BCUT2D eigenvalue weighted by atomic mass is 32.2. The molecule has 2 aromatic carbocycles. The number of thiazole rings is 1. The van der Waals surface area contributed by atoms with Gasteiger partial charge >= 0.3 is 5.97 Å². The van der Waals surface area contributed by atoms with Crippen LogP contribution in [0.1, 0.15) is 25.3 Å². The van der Waals surface area contributed by atoms with Crippen LogP contribution in [0.2, 0.25) is 0 Å². The fourth-order valence-electron chi connectivity index (χ4n) is 3.06. The summed E-state index contributed by atoms with van der Waals surface area (Å²) in [6, 6.07) is 14.2. The monoisotopic (exact) mass is 461 g/mol. The Kier molecular flexibility index (Phi) is 7.37. The van der Waals surface area contributed by atoms with Gasteiger partial charge in [0.1, 0.15) is 6.54 Å². The number of primary sulfonamides is 1. The summed E-state index contributed by atoms with van der Waals surface area (Å²) in [5.41, 5.74) is 1.71. The van der Waals surface area contributed by atoms with Crippen molar-refractivity contribution in [3.63, 3.8) is 0 Å². The summed E-state index contributed by atoms with van der Waals surface area (Å²) in [4.78, 5) is 29.0. The predicted octanol–water partition coefficient (Wildman–Crippen LogP) is 2.36. The molecule has 1 amide bonds. The van der Waals surface area contributed by atoms with Crippen LogP contribution in [0.15, 0.2) is 58.4 Å². The van der Waals surface area contributed by atoms with Gasteiger partial charge in [-0.15, -0.1) is 0 Å². The van der Waals surface area contributed by atoms with E-state index in [4.69, 9.17) is 9.88 Å². The van der Waals surface area contributed by atoms with Gasteiger partial charge in [0.15, 0.2) is 4.80 Å². The number of carbonyl (C=O) groups excluding carboxylic acids is 2. The molecule has 1 heterocycles. The van der Waals surface area contributed by atoms with E-state index in [0.29, 0.717) is 21.4 Å². The van der Waals surface area contributed by atoms with Crippen molar-refractivity contribution in [1.29, 1.82) is 0 Å². The zero-order valence-electron chi connectivity index (χ0n) is 17.0. The van der Waals surface area contributed by atoms with E-state index in [1.807, 2.05) is 30.3 Å². The van der Waals surface area contributed by atoms with E-state index in [-0.39, 0.29) is 30.4 Å². The number of aromatic nitrogens is 1. The third kappa shape index (κ3) is 6.09. The number of nitrogens with two attached hydrogens (primary N) is 1. The van der Waals surface area contributed by atoms with Crippen LogP contribution >= 0.6 is 11.3 Å². The van der Waals surface area contributed by atoms with E-state index in [1.165, 1.54) is 12.1 Å². The van der Waals surface area contributed by atoms with Gasteiger partial charge in [-0.2, -0.15) is 4.99 Å². The van der Waals surface area contributed by atoms with Crippen LogP contribution in [0.5, 0.6) is 0 Å². The fourth-order valence-corrected chi connectivity index (χ4v) is 4.76. The van der Waals surface area contributed by atoms with Crippen molar-refractivity contribution < 1.29 is 22.7 Å². The smallest absolute Gasteiger partial charge is 0.326 e. The molecule has 164 valence electrons. The molecule has 31 heavy (non-hydrogen) atoms. The molecular formula is C21H23N3O5S2. The van der Waals surface area contributed by atoms with Gasteiger partial charge in [-0.3, -0.25) is 9.59 Å². The van der Waals surface area contributed by atoms with Gasteiger partial charge in [-0.1, -0.05) is 41.7 Å². The molecule has 0 aliphatic carbocycles. The molecule has 0 saturated heterocycles. The minimum absolute atomic E-state index is 0.0507. The number of ether oxygens (including phenoxy) is 1. The van der Waals surface area contributed by atoms with Crippen LogP contribution in [-0.4, -0.2) is 31.5 Å². The van der Waals surface area contributed by atoms with Crippen molar-refractivity contribution in [2.45, 2.75) is 37.6 Å². The molecule has 3 rings (SSSR count). The quantitative estimate of drug-likeness (QED) is 0.516. The maximum atomic E-state index is 12.5. The van der Waals surface area contributed by atoms with Crippen molar-refractivity contribution in [3.05, 3.63) is 58.9 Å². The summed E-state index contributed by atoms with van der Waals surface area (Å²) in [5.74, 6) is -0.789. The van der Waals surface area contributed by atoms with E-state index >= 15 is 0 Å². The number of carbonyl (C=O) groups is 2. The van der Waals surface area contributed by atoms with Gasteiger partial charge in [0.2, 0.25) is 15.9 Å². The predicted molar refractivity (Wildman–Crippen MR) is 118 cm³/mol. The molecule has 0 radical (unpaired) electrons. The van der Waals surface area contributed by atoms with Gasteiger partial charge in [-0.05, 0) is 43.5 Å². The number of aryl methyl sites for hydroxylation is 1. The fraction of sp³-hybridized carbons (Fsp3) is 0.286. The van der Waals surface area contributed by atoms with Gasteiger partial charge < -0.3 is 9.30 Å². The van der Waals surface area contributed by atoms with E-state index < -0.39 is 16.0 Å². The van der Waals surface area contributed by atoms with E-state index in [1.54, 1.807) is 17.6 Å². The zero-order valence-corrected chi connectivity index (χ0v) is 18.6. The van der Waals surface area contributed by atoms with Gasteiger partial charge in [0, 0.05) is 6.42 Å². The molecule has 8 nitrogen and oxygen atoms in total. The number of benzene rings is 2. The molecule has 0 unspecified atom stereocenters. The van der Waals surface area contributed by atoms with Crippen molar-refractivity contribution in [1.82, 2.24) is 4.57 Å². The molecular weight excluding hydrogens is 438 g/mol. The SMILES string of the molecule is CCOC(=O)Cn1c(=NC(=O)CCCc2ccccc2)sc2cc(S(N)(=O)=O)ccc21. The lowest BCUT2D eigenvalue weighted by Crippen LogP contribution is -2.23. The third-order valence-electron chi connectivity index (χ3n) is 4.49. The van der Waals surface area contributed by atoms with Gasteiger partial charge in [0.25, 0.3) is 0 Å². The number of hydrogen-bond donors (Lipinski definition) is 1. The Morgan fingerprint density at radius 3 is 2.58 bits per heavy atom. The second kappa shape index (κ2) is 9.99. The second-order valence-corrected chi connectivity index (χ2v) is 9.37. The molecule has 1 aromatic heterocycles. The number of hydrogen-bond acceptors (Lipinski definition) is 6. The standard InChI is InChI=1S/C21H23N3O5S2/c1-2-29-20(26)14-24-17-12-11-16(31(22,27)28)13-18(17)30-21(24)23-19(25)10-6-9-15-7-4-3-5-8-15/h3-5,7-8,11-13H,2,6,9-10,14H2,1H3,(H2,22,27,28). The Bertz CT molecular complexity index is 1260. The largest absolute Gasteiger partial charge is 0.465 e. The number of fused-ring (bicyclic) bond motifs is 1. The Balaban J connectivity index is 1.90. The van der Waals surface area contributed by atoms with Gasteiger partial charge in [-0.25, -0.2) is 13.6 Å². The number of rotatable bonds is 8. The first-order valence-electron chi connectivity index (χ1n) is 9.71. The minimum atomic E-state index is -3.88. The van der Waals surface area contributed by atoms with Crippen LogP contribution < -0.4 is 9.94 Å². The average molecular weight is 462 g/mol. The number of sulfonamides is 1. The molecule has 10 heteroatoms. The van der Waals surface area contributed by atoms with Crippen LogP contribution in [-0.2, 0) is 37.3 Å². The molecule has 0 atom stereocenters. The first-order valence-corrected chi connectivity index (χ1v) is 12.1. The Morgan fingerprint density at radius 1 is 1.16 bits per heavy atom. The summed E-state index contributed by atoms with van der Waals surface area (Å²) in [5, 5.41) is 5.21. The lowest BCUT2D eigenvalue weighted by molar-refractivity contribution is -0.143. The van der Waals surface area contributed by atoms with Crippen LogP contribution in [0.4, 0.5) is 0 Å². The lowest BCUT2D eigenvalue weighted by Gasteiger charge is -2.05. The topological polar surface area (TPSA) is 121 Å². The summed E-state index contributed by atoms with van der Waals surface area (Å²) in [6.07, 6.45) is 1.66. The molecule has 0 bridgehead atoms. The third-order valence-corrected chi connectivity index (χ3v) is 6.45. The maximum absolute atomic E-state index is 12.5. The van der Waals surface area contributed by atoms with E-state index in [0.717, 1.165) is 23.3 Å². The normalized spacial score (nSPS) is 12.3. The van der Waals surface area contributed by atoms with Crippen LogP contribution in [0, 0.1) is 0 Å². The summed E-state index contributed by atoms with van der Waals surface area (Å²) in [6.45, 7) is 1.79. The van der Waals surface area contributed by atoms with Crippen molar-refractivity contribution in [3.8, 4) is 0 Å². The van der Waals surface area contributed by atoms with Crippen LogP contribution in [0.25, 0.3) is 10.2 Å². The Morgan fingerprint density at radius 2 is 1.90 bits per heavy atom. The number of esters is 1. The van der Waals surface area contributed by atoms with Crippen LogP contribution in [0.3, 0.4) is 0 Å². The summed E-state index contributed by atoms with van der Waals surface area (Å²) >= 11 is 1.12. The van der Waals surface area contributed by atoms with Crippen molar-refractivity contribution >= 4 is 43.5 Å². The highest BCUT2D eigenvalue weighted by Gasteiger charge is 2.15. The second-order valence-electron chi connectivity index (χ2n) is 6.80. The Labute approximate surface area is 184 Å². The summed E-state index contributed by atoms with van der Waals surface area (Å²) in [7, 11) is -3.88. The first kappa shape index (κ1) is 22.9. The average Bonchev–Trinajstić information content (AvgIpc) is 3.04. The van der Waals surface area contributed by atoms with E-state index in [9.17, 15) is 18.0 Å². The molecule has 0 saturated carbocycles. The number of nitrogens with zero attached hydrogens (tertiary/aromatic N) is 2. The molecule has 2 N–H and O–H groups in total. The molecule has 0 aliphatic heterocycles. The highest BCUT2D eigenvalue weighted by Crippen LogP contribution is 2.21. The van der Waals surface area contributed by atoms with Crippen molar-refractivity contribution in [2.24, 2.45) is 10.1 Å². The van der Waals surface area contributed by atoms with E-state index in [2.05, 4.69) is 4.99 Å².